The first-order chi connectivity index (χ1) is 9.95. The molecule has 0 unspecified atom stereocenters. The topological polar surface area (TPSA) is 97.4 Å². The highest BCUT2D eigenvalue weighted by Gasteiger charge is 2.11. The average molecular weight is 310 g/mol. The van der Waals surface area contributed by atoms with Crippen LogP contribution in [0.3, 0.4) is 0 Å². The minimum Gasteiger partial charge on any atom is -0.404 e. The number of carbonyl (C=O) groups is 1. The standard InChI is InChI=1S/C13H12ClN3O4/c1-8(18)16-12-4-2-9(6-11(12)14)15-7-10-3-5-13(21-10)17(19)20/h2-6,15H,7H2,1H3,(H,16,18). The molecular weight excluding hydrogens is 298 g/mol. The molecule has 0 aliphatic rings. The van der Waals surface area contributed by atoms with E-state index in [0.717, 1.165) is 0 Å². The summed E-state index contributed by atoms with van der Waals surface area (Å²) in [6.45, 7) is 1.68. The first-order valence-corrected chi connectivity index (χ1v) is 6.37. The van der Waals surface area contributed by atoms with Crippen molar-refractivity contribution in [3.8, 4) is 0 Å². The number of halogens is 1. The normalized spacial score (nSPS) is 10.2. The van der Waals surface area contributed by atoms with Gasteiger partial charge in [0.25, 0.3) is 0 Å². The fourth-order valence-electron chi connectivity index (χ4n) is 1.66. The Morgan fingerprint density at radius 1 is 1.38 bits per heavy atom. The molecule has 110 valence electrons. The van der Waals surface area contributed by atoms with E-state index in [-0.39, 0.29) is 18.3 Å². The summed E-state index contributed by atoms with van der Waals surface area (Å²) in [5.41, 5.74) is 1.22. The molecule has 0 radical (unpaired) electrons. The predicted molar refractivity (Wildman–Crippen MR) is 78.4 cm³/mol. The number of hydrogen-bond donors (Lipinski definition) is 2. The second-order valence-electron chi connectivity index (χ2n) is 4.23. The molecule has 0 saturated heterocycles. The number of anilines is 2. The van der Waals surface area contributed by atoms with Gasteiger partial charge in [-0.1, -0.05) is 11.6 Å². The Bertz CT molecular complexity index is 684. The Kier molecular flexibility index (Phi) is 4.44. The lowest BCUT2D eigenvalue weighted by atomic mass is 10.2. The number of nitrogens with one attached hydrogen (secondary N) is 2. The molecule has 0 aliphatic heterocycles. The van der Waals surface area contributed by atoms with Gasteiger partial charge in [0.2, 0.25) is 5.91 Å². The molecule has 0 aliphatic carbocycles. The fourth-order valence-corrected chi connectivity index (χ4v) is 1.89. The summed E-state index contributed by atoms with van der Waals surface area (Å²) in [5.74, 6) is -0.0740. The van der Waals surface area contributed by atoms with Crippen LogP contribution in [0, 0.1) is 10.1 Å². The van der Waals surface area contributed by atoms with E-state index in [1.165, 1.54) is 19.1 Å². The first kappa shape index (κ1) is 14.9. The largest absolute Gasteiger partial charge is 0.433 e. The second kappa shape index (κ2) is 6.27. The van der Waals surface area contributed by atoms with Crippen LogP contribution in [0.15, 0.2) is 34.7 Å². The van der Waals surface area contributed by atoms with E-state index in [9.17, 15) is 14.9 Å². The number of hydrogen-bond acceptors (Lipinski definition) is 5. The Balaban J connectivity index is 2.01. The molecule has 0 spiro atoms. The lowest BCUT2D eigenvalue weighted by molar-refractivity contribution is -0.402. The smallest absolute Gasteiger partial charge is 0.404 e. The van der Waals surface area contributed by atoms with Crippen molar-refractivity contribution in [1.29, 1.82) is 0 Å². The quantitative estimate of drug-likeness (QED) is 0.651. The zero-order valence-corrected chi connectivity index (χ0v) is 11.8. The molecule has 0 saturated carbocycles. The van der Waals surface area contributed by atoms with Crippen LogP contribution in [-0.2, 0) is 11.3 Å². The number of benzene rings is 1. The van der Waals surface area contributed by atoms with E-state index >= 15 is 0 Å². The Morgan fingerprint density at radius 3 is 2.71 bits per heavy atom. The van der Waals surface area contributed by atoms with Gasteiger partial charge in [-0.2, -0.15) is 0 Å². The van der Waals surface area contributed by atoms with Crippen molar-refractivity contribution in [2.45, 2.75) is 13.5 Å². The molecule has 1 aromatic heterocycles. The molecule has 21 heavy (non-hydrogen) atoms. The van der Waals surface area contributed by atoms with Gasteiger partial charge in [0.1, 0.15) is 10.7 Å². The van der Waals surface area contributed by atoms with Crippen LogP contribution in [0.5, 0.6) is 0 Å². The second-order valence-corrected chi connectivity index (χ2v) is 4.63. The summed E-state index contributed by atoms with van der Waals surface area (Å²) in [6.07, 6.45) is 0. The fraction of sp³-hybridized carbons (Fsp3) is 0.154. The van der Waals surface area contributed by atoms with E-state index in [4.69, 9.17) is 16.0 Å². The highest BCUT2D eigenvalue weighted by atomic mass is 35.5. The van der Waals surface area contributed by atoms with Crippen molar-refractivity contribution in [2.75, 3.05) is 10.6 Å². The van der Waals surface area contributed by atoms with Crippen LogP contribution in [0.25, 0.3) is 0 Å². The zero-order chi connectivity index (χ0) is 15.4. The van der Waals surface area contributed by atoms with Gasteiger partial charge < -0.3 is 15.1 Å². The highest BCUT2D eigenvalue weighted by Crippen LogP contribution is 2.26. The van der Waals surface area contributed by atoms with Crippen molar-refractivity contribution >= 4 is 34.8 Å². The number of nitrogens with zero attached hydrogens (tertiary/aromatic N) is 1. The maximum absolute atomic E-state index is 11.0. The van der Waals surface area contributed by atoms with Crippen LogP contribution in [-0.4, -0.2) is 10.8 Å². The average Bonchev–Trinajstić information content (AvgIpc) is 2.88. The SMILES string of the molecule is CC(=O)Nc1ccc(NCc2ccc([N+](=O)[O-])o2)cc1Cl. The van der Waals surface area contributed by atoms with Crippen molar-refractivity contribution in [3.05, 3.63) is 51.2 Å². The maximum atomic E-state index is 11.0. The van der Waals surface area contributed by atoms with Crippen LogP contribution in [0.2, 0.25) is 5.02 Å². The number of amides is 1. The Labute approximate surface area is 125 Å². The summed E-state index contributed by atoms with van der Waals surface area (Å²) < 4.78 is 5.02. The molecule has 0 atom stereocenters. The van der Waals surface area contributed by atoms with E-state index in [2.05, 4.69) is 10.6 Å². The van der Waals surface area contributed by atoms with Crippen LogP contribution >= 0.6 is 11.6 Å². The van der Waals surface area contributed by atoms with Crippen LogP contribution in [0.1, 0.15) is 12.7 Å². The molecule has 1 amide bonds. The Hall–Kier alpha value is -2.54. The van der Waals surface area contributed by atoms with Gasteiger partial charge in [0, 0.05) is 12.6 Å². The summed E-state index contributed by atoms with van der Waals surface area (Å²) in [7, 11) is 0. The third-order valence-electron chi connectivity index (χ3n) is 2.57. The molecular formula is C13H12ClN3O4. The number of nitro groups is 1. The molecule has 8 heteroatoms. The lowest BCUT2D eigenvalue weighted by Crippen LogP contribution is -2.06. The predicted octanol–water partition coefficient (Wildman–Crippen LogP) is 3.41. The molecule has 1 aromatic carbocycles. The van der Waals surface area contributed by atoms with Gasteiger partial charge in [-0.3, -0.25) is 14.9 Å². The zero-order valence-electron chi connectivity index (χ0n) is 11.1. The van der Waals surface area contributed by atoms with E-state index in [1.54, 1.807) is 18.2 Å². The molecule has 2 aromatic rings. The summed E-state index contributed by atoms with van der Waals surface area (Å²) in [6, 6.07) is 7.86. The number of rotatable bonds is 5. The molecule has 0 bridgehead atoms. The first-order valence-electron chi connectivity index (χ1n) is 6.00. The lowest BCUT2D eigenvalue weighted by Gasteiger charge is -2.08. The summed E-state index contributed by atoms with van der Waals surface area (Å²) in [4.78, 5) is 20.9. The molecule has 1 heterocycles. The van der Waals surface area contributed by atoms with E-state index in [1.807, 2.05) is 0 Å². The van der Waals surface area contributed by atoms with Crippen molar-refractivity contribution in [3.63, 3.8) is 0 Å². The summed E-state index contributed by atoms with van der Waals surface area (Å²) >= 11 is 6.03. The number of carbonyl (C=O) groups excluding carboxylic acids is 1. The van der Waals surface area contributed by atoms with Gasteiger partial charge in [0.15, 0.2) is 0 Å². The molecule has 7 nitrogen and oxygen atoms in total. The highest BCUT2D eigenvalue weighted by molar-refractivity contribution is 6.34. The van der Waals surface area contributed by atoms with Gasteiger partial charge in [-0.05, 0) is 24.3 Å². The third-order valence-corrected chi connectivity index (χ3v) is 2.89. The minimum absolute atomic E-state index is 0.208. The van der Waals surface area contributed by atoms with Crippen LogP contribution in [0.4, 0.5) is 17.3 Å². The molecule has 0 fully saturated rings. The Morgan fingerprint density at radius 2 is 2.14 bits per heavy atom. The minimum atomic E-state index is -0.595. The third kappa shape index (κ3) is 3.96. The molecule has 2 rings (SSSR count). The monoisotopic (exact) mass is 309 g/mol. The number of furan rings is 1. The van der Waals surface area contributed by atoms with E-state index < -0.39 is 4.92 Å². The van der Waals surface area contributed by atoms with Crippen molar-refractivity contribution in [1.82, 2.24) is 0 Å². The maximum Gasteiger partial charge on any atom is 0.433 e. The van der Waals surface area contributed by atoms with Crippen LogP contribution < -0.4 is 10.6 Å². The van der Waals surface area contributed by atoms with E-state index in [0.29, 0.717) is 22.2 Å². The molecule has 2 N–H and O–H groups in total. The van der Waals surface area contributed by atoms with Gasteiger partial charge in [-0.25, -0.2) is 0 Å². The van der Waals surface area contributed by atoms with Crippen molar-refractivity contribution in [2.24, 2.45) is 0 Å². The van der Waals surface area contributed by atoms with Gasteiger partial charge in [-0.15, -0.1) is 0 Å². The van der Waals surface area contributed by atoms with Crippen molar-refractivity contribution < 1.29 is 14.1 Å². The summed E-state index contributed by atoms with van der Waals surface area (Å²) in [5, 5.41) is 16.5. The van der Waals surface area contributed by atoms with Gasteiger partial charge in [0.05, 0.1) is 23.3 Å². The van der Waals surface area contributed by atoms with Gasteiger partial charge >= 0.3 is 5.88 Å².